The van der Waals surface area contributed by atoms with Gasteiger partial charge in [-0.25, -0.2) is 0 Å². The Morgan fingerprint density at radius 3 is 2.56 bits per heavy atom. The van der Waals surface area contributed by atoms with E-state index in [9.17, 15) is 10.1 Å². The maximum atomic E-state index is 10.6. The molecule has 0 saturated heterocycles. The van der Waals surface area contributed by atoms with Crippen molar-refractivity contribution in [1.82, 2.24) is 0 Å². The Labute approximate surface area is 124 Å². The molecule has 0 aromatic heterocycles. The van der Waals surface area contributed by atoms with E-state index in [1.54, 1.807) is 12.1 Å². The molecule has 0 spiro atoms. The van der Waals surface area contributed by atoms with Gasteiger partial charge in [0.05, 0.1) is 4.92 Å². The normalized spacial score (nSPS) is 12.7. The first-order valence-corrected chi connectivity index (χ1v) is 7.68. The van der Waals surface area contributed by atoms with Gasteiger partial charge >= 0.3 is 0 Å². The zero-order chi connectivity index (χ0) is 13.7. The van der Waals surface area contributed by atoms with Gasteiger partial charge in [0.2, 0.25) is 0 Å². The number of non-ortho nitro benzene ring substituents is 1. The summed E-state index contributed by atoms with van der Waals surface area (Å²) in [7, 11) is 0. The minimum absolute atomic E-state index is 0.128. The molecule has 0 bridgehead atoms. The molecule has 18 heavy (non-hydrogen) atoms. The Morgan fingerprint density at radius 2 is 2.06 bits per heavy atom. The van der Waals surface area contributed by atoms with Gasteiger partial charge in [-0.1, -0.05) is 51.8 Å². The number of nitro groups is 1. The molecule has 0 heterocycles. The molecular weight excluding hydrogens is 362 g/mol. The van der Waals surface area contributed by atoms with Crippen molar-refractivity contribution in [2.45, 2.75) is 37.9 Å². The number of hydrogen-bond acceptors (Lipinski definition) is 2. The van der Waals surface area contributed by atoms with Crippen molar-refractivity contribution in [3.8, 4) is 0 Å². The molecule has 3 nitrogen and oxygen atoms in total. The minimum atomic E-state index is -0.374. The van der Waals surface area contributed by atoms with E-state index in [2.05, 4.69) is 45.7 Å². The van der Waals surface area contributed by atoms with E-state index in [-0.39, 0.29) is 10.6 Å². The molecule has 0 radical (unpaired) electrons. The highest BCUT2D eigenvalue weighted by molar-refractivity contribution is 9.10. The molecule has 0 amide bonds. The van der Waals surface area contributed by atoms with Gasteiger partial charge in [-0.05, 0) is 30.7 Å². The van der Waals surface area contributed by atoms with Crippen LogP contribution in [0.25, 0.3) is 0 Å². The summed E-state index contributed by atoms with van der Waals surface area (Å²) in [4.78, 5) is 10.8. The highest BCUT2D eigenvalue weighted by Gasteiger charge is 2.11. The Morgan fingerprint density at radius 1 is 1.39 bits per heavy atom. The lowest BCUT2D eigenvalue weighted by Gasteiger charge is -2.12. The Balaban J connectivity index is 2.60. The number of nitrogens with zero attached hydrogens (tertiary/aromatic N) is 1. The van der Waals surface area contributed by atoms with Crippen LogP contribution >= 0.6 is 31.9 Å². The predicted molar refractivity (Wildman–Crippen MR) is 81.3 cm³/mol. The van der Waals surface area contributed by atoms with Crippen molar-refractivity contribution in [3.05, 3.63) is 38.3 Å². The highest BCUT2D eigenvalue weighted by Crippen LogP contribution is 2.26. The third-order valence-corrected chi connectivity index (χ3v) is 4.27. The van der Waals surface area contributed by atoms with E-state index in [1.165, 1.54) is 0 Å². The summed E-state index contributed by atoms with van der Waals surface area (Å²) in [6.07, 6.45) is 3.10. The van der Waals surface area contributed by atoms with Crippen LogP contribution in [-0.4, -0.2) is 9.75 Å². The molecule has 0 saturated carbocycles. The van der Waals surface area contributed by atoms with E-state index in [0.29, 0.717) is 10.7 Å². The average Bonchev–Trinajstić information content (AvgIpc) is 2.26. The first-order chi connectivity index (χ1) is 8.40. The van der Waals surface area contributed by atoms with Crippen LogP contribution in [0.1, 0.15) is 32.3 Å². The lowest BCUT2D eigenvalue weighted by molar-refractivity contribution is -0.384. The molecule has 0 N–H and O–H groups in total. The smallest absolute Gasteiger partial charge is 0.258 e. The zero-order valence-electron chi connectivity index (χ0n) is 10.5. The van der Waals surface area contributed by atoms with Crippen LogP contribution in [0.3, 0.4) is 0 Å². The summed E-state index contributed by atoms with van der Waals surface area (Å²) >= 11 is 7.07. The van der Waals surface area contributed by atoms with Crippen LogP contribution < -0.4 is 0 Å². The van der Waals surface area contributed by atoms with Gasteiger partial charge in [0.15, 0.2) is 0 Å². The summed E-state index contributed by atoms with van der Waals surface area (Å²) in [5.41, 5.74) is 1.25. The second kappa shape index (κ2) is 7.24. The van der Waals surface area contributed by atoms with Crippen LogP contribution in [0.15, 0.2) is 22.7 Å². The van der Waals surface area contributed by atoms with Crippen LogP contribution in [0.4, 0.5) is 5.69 Å². The quantitative estimate of drug-likeness (QED) is 0.392. The van der Waals surface area contributed by atoms with Crippen molar-refractivity contribution in [2.24, 2.45) is 5.92 Å². The first-order valence-electron chi connectivity index (χ1n) is 5.97. The molecule has 100 valence electrons. The molecule has 0 aliphatic rings. The van der Waals surface area contributed by atoms with Gasteiger partial charge in [0, 0.05) is 21.4 Å². The molecule has 1 atom stereocenters. The zero-order valence-corrected chi connectivity index (χ0v) is 13.7. The lowest BCUT2D eigenvalue weighted by atomic mass is 10.0. The largest absolute Gasteiger partial charge is 0.270 e. The summed E-state index contributed by atoms with van der Waals surface area (Å²) < 4.78 is 0.820. The number of hydrogen-bond donors (Lipinski definition) is 0. The average molecular weight is 379 g/mol. The lowest BCUT2D eigenvalue weighted by Crippen LogP contribution is -2.04. The van der Waals surface area contributed by atoms with Crippen molar-refractivity contribution in [2.75, 3.05) is 0 Å². The standard InChI is InChI=1S/C13H17Br2NO2/c1-9(2)7-11(14)5-3-10-4-6-12(16(17)18)8-13(10)15/h4,6,8-9,11H,3,5,7H2,1-2H3. The van der Waals surface area contributed by atoms with E-state index in [4.69, 9.17) is 0 Å². The number of halogens is 2. The SMILES string of the molecule is CC(C)CC(Br)CCc1ccc([N+](=O)[O-])cc1Br. The van der Waals surface area contributed by atoms with Crippen LogP contribution in [0.5, 0.6) is 0 Å². The molecule has 5 heteroatoms. The van der Waals surface area contributed by atoms with Crippen LogP contribution in [-0.2, 0) is 6.42 Å². The molecule has 0 aliphatic heterocycles. The minimum Gasteiger partial charge on any atom is -0.258 e. The highest BCUT2D eigenvalue weighted by atomic mass is 79.9. The second-order valence-corrected chi connectivity index (χ2v) is 6.95. The molecule has 1 unspecified atom stereocenters. The van der Waals surface area contributed by atoms with Crippen molar-refractivity contribution < 1.29 is 4.92 Å². The monoisotopic (exact) mass is 377 g/mol. The van der Waals surface area contributed by atoms with Gasteiger partial charge in [-0.15, -0.1) is 0 Å². The first kappa shape index (κ1) is 15.6. The van der Waals surface area contributed by atoms with Crippen LogP contribution in [0.2, 0.25) is 0 Å². The number of nitro benzene ring substituents is 1. The maximum absolute atomic E-state index is 10.6. The van der Waals surface area contributed by atoms with E-state index >= 15 is 0 Å². The number of aryl methyl sites for hydroxylation is 1. The molecule has 1 rings (SSSR count). The van der Waals surface area contributed by atoms with Gasteiger partial charge in [0.1, 0.15) is 0 Å². The summed E-state index contributed by atoms with van der Waals surface area (Å²) in [5.74, 6) is 0.676. The molecule has 1 aromatic carbocycles. The Bertz CT molecular complexity index is 421. The number of alkyl halides is 1. The van der Waals surface area contributed by atoms with E-state index in [0.717, 1.165) is 29.3 Å². The Kier molecular flexibility index (Phi) is 6.29. The predicted octanol–water partition coefficient (Wildman–Crippen LogP) is 5.10. The summed E-state index contributed by atoms with van der Waals surface area (Å²) in [6, 6.07) is 4.96. The third kappa shape index (κ3) is 5.06. The topological polar surface area (TPSA) is 43.1 Å². The maximum Gasteiger partial charge on any atom is 0.270 e. The molecule has 0 fully saturated rings. The fourth-order valence-electron chi connectivity index (χ4n) is 1.79. The van der Waals surface area contributed by atoms with Crippen molar-refractivity contribution >= 4 is 37.5 Å². The third-order valence-electron chi connectivity index (χ3n) is 2.70. The second-order valence-electron chi connectivity index (χ2n) is 4.80. The van der Waals surface area contributed by atoms with Gasteiger partial charge < -0.3 is 0 Å². The number of benzene rings is 1. The van der Waals surface area contributed by atoms with E-state index < -0.39 is 0 Å². The molecule has 1 aromatic rings. The molecular formula is C13H17Br2NO2. The van der Waals surface area contributed by atoms with Gasteiger partial charge in [-0.2, -0.15) is 0 Å². The fraction of sp³-hybridized carbons (Fsp3) is 0.538. The van der Waals surface area contributed by atoms with Crippen molar-refractivity contribution in [1.29, 1.82) is 0 Å². The summed E-state index contributed by atoms with van der Waals surface area (Å²) in [6.45, 7) is 4.41. The van der Waals surface area contributed by atoms with E-state index in [1.807, 2.05) is 6.07 Å². The number of rotatable bonds is 6. The van der Waals surface area contributed by atoms with Crippen LogP contribution in [0, 0.1) is 16.0 Å². The molecule has 0 aliphatic carbocycles. The van der Waals surface area contributed by atoms with Gasteiger partial charge in [0.25, 0.3) is 5.69 Å². The van der Waals surface area contributed by atoms with Gasteiger partial charge in [-0.3, -0.25) is 10.1 Å². The van der Waals surface area contributed by atoms with Crippen molar-refractivity contribution in [3.63, 3.8) is 0 Å². The Hall–Kier alpha value is -0.420. The fourth-order valence-corrected chi connectivity index (χ4v) is 3.34. The summed E-state index contributed by atoms with van der Waals surface area (Å²) in [5, 5.41) is 10.6.